The molecule has 0 saturated heterocycles. The summed E-state index contributed by atoms with van der Waals surface area (Å²) in [4.78, 5) is 4.45. The molecule has 4 rings (SSSR count). The van der Waals surface area contributed by atoms with Crippen molar-refractivity contribution in [2.24, 2.45) is 5.73 Å². The molecule has 0 atom stereocenters. The van der Waals surface area contributed by atoms with Crippen molar-refractivity contribution >= 4 is 17.3 Å². The molecule has 4 aromatic rings. The topological polar surface area (TPSA) is 124 Å². The van der Waals surface area contributed by atoms with Gasteiger partial charge in [-0.2, -0.15) is 0 Å². The fourth-order valence-electron chi connectivity index (χ4n) is 3.44. The molecule has 31 heavy (non-hydrogen) atoms. The lowest BCUT2D eigenvalue weighted by Gasteiger charge is -2.14. The molecule has 0 aliphatic rings. The van der Waals surface area contributed by atoms with Gasteiger partial charge in [-0.1, -0.05) is 42.5 Å². The molecule has 3 aromatic carbocycles. The van der Waals surface area contributed by atoms with E-state index in [2.05, 4.69) is 4.98 Å². The molecule has 0 radical (unpaired) electrons. The molecular formula is C25H23N5O. The van der Waals surface area contributed by atoms with Gasteiger partial charge in [-0.3, -0.25) is 5.41 Å². The fourth-order valence-corrected chi connectivity index (χ4v) is 3.44. The third-order valence-corrected chi connectivity index (χ3v) is 4.88. The first-order valence-corrected chi connectivity index (χ1v) is 9.81. The molecule has 0 saturated carbocycles. The smallest absolute Gasteiger partial charge is 0.135 e. The number of benzene rings is 3. The van der Waals surface area contributed by atoms with Crippen LogP contribution in [0.4, 0.5) is 11.5 Å². The predicted octanol–water partition coefficient (Wildman–Crippen LogP) is 4.58. The quantitative estimate of drug-likeness (QED) is 0.211. The van der Waals surface area contributed by atoms with Crippen LogP contribution in [0.3, 0.4) is 0 Å². The average Bonchev–Trinajstić information content (AvgIpc) is 2.75. The van der Waals surface area contributed by atoms with E-state index in [0.29, 0.717) is 23.4 Å². The van der Waals surface area contributed by atoms with E-state index in [9.17, 15) is 0 Å². The summed E-state index contributed by atoms with van der Waals surface area (Å²) in [7, 11) is 0. The van der Waals surface area contributed by atoms with Gasteiger partial charge in [0.15, 0.2) is 0 Å². The maximum absolute atomic E-state index is 7.97. The van der Waals surface area contributed by atoms with E-state index < -0.39 is 0 Å². The third kappa shape index (κ3) is 4.64. The molecule has 0 aliphatic carbocycles. The van der Waals surface area contributed by atoms with E-state index in [1.807, 2.05) is 84.9 Å². The highest BCUT2D eigenvalue weighted by Gasteiger charge is 2.15. The average molecular weight is 409 g/mol. The maximum Gasteiger partial charge on any atom is 0.135 e. The molecule has 1 aromatic heterocycles. The SMILES string of the molecule is N=C(N)c1c(Cc2ccc(Oc3ccccc3)cc2)cc(-c2cccc(N)c2)nc1N. The van der Waals surface area contributed by atoms with Crippen LogP contribution in [0.1, 0.15) is 16.7 Å². The second-order valence-corrected chi connectivity index (χ2v) is 7.20. The van der Waals surface area contributed by atoms with Gasteiger partial charge in [-0.05, 0) is 60.0 Å². The normalized spacial score (nSPS) is 10.6. The lowest BCUT2D eigenvalue weighted by atomic mass is 9.97. The van der Waals surface area contributed by atoms with Gasteiger partial charge in [0.2, 0.25) is 0 Å². The summed E-state index contributed by atoms with van der Waals surface area (Å²) >= 11 is 0. The minimum absolute atomic E-state index is 0.108. The van der Waals surface area contributed by atoms with Gasteiger partial charge in [-0.25, -0.2) is 4.98 Å². The molecule has 0 amide bonds. The van der Waals surface area contributed by atoms with E-state index in [-0.39, 0.29) is 11.7 Å². The van der Waals surface area contributed by atoms with E-state index in [1.165, 1.54) is 0 Å². The summed E-state index contributed by atoms with van der Waals surface area (Å²) in [5.41, 5.74) is 22.4. The Labute approximate surface area is 180 Å². The summed E-state index contributed by atoms with van der Waals surface area (Å²) < 4.78 is 5.86. The number of nitrogens with two attached hydrogens (primary N) is 3. The zero-order valence-corrected chi connectivity index (χ0v) is 16.9. The largest absolute Gasteiger partial charge is 0.457 e. The number of nitrogens with one attached hydrogen (secondary N) is 1. The van der Waals surface area contributed by atoms with E-state index >= 15 is 0 Å². The lowest BCUT2D eigenvalue weighted by molar-refractivity contribution is 0.482. The Balaban J connectivity index is 1.64. The van der Waals surface area contributed by atoms with E-state index in [4.69, 9.17) is 27.3 Å². The summed E-state index contributed by atoms with van der Waals surface area (Å²) in [6.07, 6.45) is 0.544. The fraction of sp³-hybridized carbons (Fsp3) is 0.0400. The number of aromatic nitrogens is 1. The van der Waals surface area contributed by atoms with Crippen molar-refractivity contribution < 1.29 is 4.74 Å². The van der Waals surface area contributed by atoms with Gasteiger partial charge in [0.05, 0.1) is 11.3 Å². The zero-order valence-electron chi connectivity index (χ0n) is 16.9. The van der Waals surface area contributed by atoms with Crippen LogP contribution in [-0.4, -0.2) is 10.8 Å². The lowest BCUT2D eigenvalue weighted by Crippen LogP contribution is -2.18. The Bertz CT molecular complexity index is 1220. The highest BCUT2D eigenvalue weighted by molar-refractivity contribution is 6.01. The van der Waals surface area contributed by atoms with Crippen LogP contribution in [0.25, 0.3) is 11.3 Å². The van der Waals surface area contributed by atoms with Gasteiger partial charge < -0.3 is 21.9 Å². The first-order valence-electron chi connectivity index (χ1n) is 9.81. The number of pyridine rings is 1. The van der Waals surface area contributed by atoms with Crippen LogP contribution < -0.4 is 21.9 Å². The summed E-state index contributed by atoms with van der Waals surface area (Å²) in [5.74, 6) is 1.65. The summed E-state index contributed by atoms with van der Waals surface area (Å²) in [5, 5.41) is 7.97. The van der Waals surface area contributed by atoms with Crippen LogP contribution in [0.2, 0.25) is 0 Å². The number of nitrogens with zero attached hydrogens (tertiary/aromatic N) is 1. The third-order valence-electron chi connectivity index (χ3n) is 4.88. The predicted molar refractivity (Wildman–Crippen MR) is 125 cm³/mol. The molecule has 1 heterocycles. The molecule has 0 spiro atoms. The Kier molecular flexibility index (Phi) is 5.53. The van der Waals surface area contributed by atoms with Crippen LogP contribution >= 0.6 is 0 Å². The van der Waals surface area contributed by atoms with Gasteiger partial charge >= 0.3 is 0 Å². The first kappa shape index (κ1) is 20.0. The Morgan fingerprint density at radius 3 is 2.23 bits per heavy atom. The highest BCUT2D eigenvalue weighted by atomic mass is 16.5. The van der Waals surface area contributed by atoms with Crippen molar-refractivity contribution in [2.45, 2.75) is 6.42 Å². The van der Waals surface area contributed by atoms with Crippen molar-refractivity contribution in [3.8, 4) is 22.8 Å². The number of hydrogen-bond donors (Lipinski definition) is 4. The monoisotopic (exact) mass is 409 g/mol. The number of anilines is 2. The first-order chi connectivity index (χ1) is 15.0. The molecule has 6 nitrogen and oxygen atoms in total. The molecule has 0 unspecified atom stereocenters. The molecule has 0 aliphatic heterocycles. The van der Waals surface area contributed by atoms with E-state index in [0.717, 1.165) is 28.2 Å². The molecule has 7 N–H and O–H groups in total. The van der Waals surface area contributed by atoms with Crippen LogP contribution in [0, 0.1) is 5.41 Å². The van der Waals surface area contributed by atoms with Gasteiger partial charge in [0, 0.05) is 11.3 Å². The number of amidine groups is 1. The standard InChI is InChI=1S/C25H23N5O/c26-19-6-4-5-17(14-19)22-15-18(23(24(27)28)25(29)30-22)13-16-9-11-21(12-10-16)31-20-7-2-1-3-8-20/h1-12,14-15H,13,26H2,(H3,27,28)(H2,29,30). The summed E-state index contributed by atoms with van der Waals surface area (Å²) in [6.45, 7) is 0. The van der Waals surface area contributed by atoms with Crippen molar-refractivity contribution in [3.63, 3.8) is 0 Å². The van der Waals surface area contributed by atoms with Crippen molar-refractivity contribution in [1.82, 2.24) is 4.98 Å². The van der Waals surface area contributed by atoms with E-state index in [1.54, 1.807) is 0 Å². The number of ether oxygens (including phenoxy) is 1. The minimum atomic E-state index is -0.108. The van der Waals surface area contributed by atoms with Gasteiger partial charge in [0.25, 0.3) is 0 Å². The molecule has 6 heteroatoms. The van der Waals surface area contributed by atoms with Gasteiger partial charge in [-0.15, -0.1) is 0 Å². The Morgan fingerprint density at radius 2 is 1.55 bits per heavy atom. The van der Waals surface area contributed by atoms with Gasteiger partial charge in [0.1, 0.15) is 23.2 Å². The van der Waals surface area contributed by atoms with Crippen molar-refractivity contribution in [1.29, 1.82) is 5.41 Å². The summed E-state index contributed by atoms with van der Waals surface area (Å²) in [6, 6.07) is 26.8. The minimum Gasteiger partial charge on any atom is -0.457 e. The van der Waals surface area contributed by atoms with Crippen molar-refractivity contribution in [2.75, 3.05) is 11.5 Å². The number of nitrogen functional groups attached to an aromatic ring is 3. The van der Waals surface area contributed by atoms with Crippen molar-refractivity contribution in [3.05, 3.63) is 102 Å². The molecule has 0 fully saturated rings. The molecular weight excluding hydrogens is 386 g/mol. The second kappa shape index (κ2) is 8.59. The second-order valence-electron chi connectivity index (χ2n) is 7.20. The van der Waals surface area contributed by atoms with Crippen LogP contribution in [-0.2, 0) is 6.42 Å². The Hall–Kier alpha value is -4.32. The Morgan fingerprint density at radius 1 is 0.839 bits per heavy atom. The number of hydrogen-bond acceptors (Lipinski definition) is 5. The number of para-hydroxylation sites is 1. The number of rotatable bonds is 6. The van der Waals surface area contributed by atoms with Crippen LogP contribution in [0.5, 0.6) is 11.5 Å². The molecule has 0 bridgehead atoms. The zero-order chi connectivity index (χ0) is 21.8. The highest BCUT2D eigenvalue weighted by Crippen LogP contribution is 2.28. The maximum atomic E-state index is 7.97. The van der Waals surface area contributed by atoms with Crippen LogP contribution in [0.15, 0.2) is 84.9 Å². The molecule has 154 valence electrons.